The lowest BCUT2D eigenvalue weighted by Gasteiger charge is -2.03. The summed E-state index contributed by atoms with van der Waals surface area (Å²) in [4.78, 5) is 15.5. The number of para-hydroxylation sites is 1. The Labute approximate surface area is 88.3 Å². The number of hydrogen-bond donors (Lipinski definition) is 0. The monoisotopic (exact) mass is 197 g/mol. The van der Waals surface area contributed by atoms with Gasteiger partial charge in [-0.3, -0.25) is 9.78 Å². The molecule has 2 nitrogen and oxygen atoms in total. The van der Waals surface area contributed by atoms with E-state index in [2.05, 4.69) is 11.6 Å². The van der Waals surface area contributed by atoms with Gasteiger partial charge in [0.1, 0.15) is 0 Å². The largest absolute Gasteiger partial charge is 0.295 e. The highest BCUT2D eigenvalue weighted by Crippen LogP contribution is 2.16. The van der Waals surface area contributed by atoms with Crippen LogP contribution in [0.25, 0.3) is 10.9 Å². The molecule has 0 radical (unpaired) electrons. The van der Waals surface area contributed by atoms with E-state index in [-0.39, 0.29) is 5.78 Å². The van der Waals surface area contributed by atoms with Crippen molar-refractivity contribution in [3.05, 3.63) is 54.7 Å². The van der Waals surface area contributed by atoms with Gasteiger partial charge in [-0.2, -0.15) is 0 Å². The van der Waals surface area contributed by atoms with Gasteiger partial charge in [0.25, 0.3) is 0 Å². The fraction of sp³-hybridized carbons (Fsp3) is 0.0769. The van der Waals surface area contributed by atoms with Crippen LogP contribution in [0.4, 0.5) is 0 Å². The van der Waals surface area contributed by atoms with Gasteiger partial charge in [0.2, 0.25) is 0 Å². The maximum Gasteiger partial charge on any atom is 0.159 e. The van der Waals surface area contributed by atoms with E-state index >= 15 is 0 Å². The van der Waals surface area contributed by atoms with E-state index in [0.29, 0.717) is 6.42 Å². The first-order chi connectivity index (χ1) is 7.31. The lowest BCUT2D eigenvalue weighted by atomic mass is 10.0. The molecule has 1 aromatic heterocycles. The number of carbonyl (C=O) groups excluding carboxylic acids is 1. The van der Waals surface area contributed by atoms with Gasteiger partial charge in [0, 0.05) is 18.0 Å². The summed E-state index contributed by atoms with van der Waals surface area (Å²) >= 11 is 0. The van der Waals surface area contributed by atoms with Crippen molar-refractivity contribution in [2.24, 2.45) is 0 Å². The molecule has 2 rings (SSSR count). The van der Waals surface area contributed by atoms with Crippen LogP contribution in [0.5, 0.6) is 0 Å². The number of pyridine rings is 1. The average molecular weight is 197 g/mol. The molecule has 1 aromatic carbocycles. The summed E-state index contributed by atoms with van der Waals surface area (Å²) in [5.74, 6) is 0.0337. The van der Waals surface area contributed by atoms with E-state index in [1.165, 1.54) is 6.08 Å². The van der Waals surface area contributed by atoms with Crippen LogP contribution in [0.15, 0.2) is 49.2 Å². The highest BCUT2D eigenvalue weighted by atomic mass is 16.1. The predicted molar refractivity (Wildman–Crippen MR) is 60.7 cm³/mol. The number of nitrogens with zero attached hydrogens (tertiary/aromatic N) is 1. The molecule has 15 heavy (non-hydrogen) atoms. The molecule has 0 atom stereocenters. The van der Waals surface area contributed by atoms with Crippen LogP contribution in [0.3, 0.4) is 0 Å². The number of ketones is 1. The van der Waals surface area contributed by atoms with Crippen molar-refractivity contribution in [1.82, 2.24) is 4.98 Å². The number of benzene rings is 1. The van der Waals surface area contributed by atoms with Crippen LogP contribution >= 0.6 is 0 Å². The highest BCUT2D eigenvalue weighted by molar-refractivity contribution is 5.94. The Hall–Kier alpha value is -1.96. The first-order valence-electron chi connectivity index (χ1n) is 4.79. The summed E-state index contributed by atoms with van der Waals surface area (Å²) in [6, 6.07) is 9.69. The smallest absolute Gasteiger partial charge is 0.159 e. The third-order valence-electron chi connectivity index (χ3n) is 2.33. The van der Waals surface area contributed by atoms with Gasteiger partial charge >= 0.3 is 0 Å². The van der Waals surface area contributed by atoms with Crippen LogP contribution in [0.1, 0.15) is 5.56 Å². The standard InChI is InChI=1S/C13H11NO/c1-2-11(15)9-10-7-8-14-13-6-4-3-5-12(10)13/h2-8H,1,9H2. The minimum Gasteiger partial charge on any atom is -0.295 e. The maximum atomic E-state index is 11.3. The van der Waals surface area contributed by atoms with Gasteiger partial charge in [-0.1, -0.05) is 24.8 Å². The van der Waals surface area contributed by atoms with Crippen molar-refractivity contribution >= 4 is 16.7 Å². The van der Waals surface area contributed by atoms with Gasteiger partial charge in [-0.25, -0.2) is 0 Å². The minimum absolute atomic E-state index is 0.0337. The zero-order valence-corrected chi connectivity index (χ0v) is 8.31. The summed E-state index contributed by atoms with van der Waals surface area (Å²) in [5, 5.41) is 1.04. The number of hydrogen-bond acceptors (Lipinski definition) is 2. The van der Waals surface area contributed by atoms with Gasteiger partial charge < -0.3 is 0 Å². The number of rotatable bonds is 3. The molecule has 74 valence electrons. The number of fused-ring (bicyclic) bond motifs is 1. The normalized spacial score (nSPS) is 10.1. The topological polar surface area (TPSA) is 30.0 Å². The van der Waals surface area contributed by atoms with Crippen LogP contribution in [0, 0.1) is 0 Å². The quantitative estimate of drug-likeness (QED) is 0.708. The summed E-state index contributed by atoms with van der Waals surface area (Å²) in [6.45, 7) is 3.47. The first kappa shape index (κ1) is 9.59. The third-order valence-corrected chi connectivity index (χ3v) is 2.33. The molecule has 1 heterocycles. The van der Waals surface area contributed by atoms with E-state index < -0.39 is 0 Å². The second kappa shape index (κ2) is 4.05. The fourth-order valence-electron chi connectivity index (χ4n) is 1.57. The molecule has 0 spiro atoms. The molecule has 0 fully saturated rings. The molecule has 0 amide bonds. The van der Waals surface area contributed by atoms with Gasteiger partial charge in [0.05, 0.1) is 5.52 Å². The average Bonchev–Trinajstić information content (AvgIpc) is 2.29. The second-order valence-corrected chi connectivity index (χ2v) is 3.33. The molecule has 0 unspecified atom stereocenters. The van der Waals surface area contributed by atoms with Crippen molar-refractivity contribution in [3.8, 4) is 0 Å². The fourth-order valence-corrected chi connectivity index (χ4v) is 1.57. The lowest BCUT2D eigenvalue weighted by molar-refractivity contribution is -0.113. The van der Waals surface area contributed by atoms with Crippen LogP contribution < -0.4 is 0 Å². The predicted octanol–water partition coefficient (Wildman–Crippen LogP) is 2.53. The Kier molecular flexibility index (Phi) is 2.59. The Morgan fingerprint density at radius 2 is 2.13 bits per heavy atom. The van der Waals surface area contributed by atoms with E-state index in [4.69, 9.17) is 0 Å². The van der Waals surface area contributed by atoms with Gasteiger partial charge in [0.15, 0.2) is 5.78 Å². The van der Waals surface area contributed by atoms with Crippen molar-refractivity contribution in [2.75, 3.05) is 0 Å². The van der Waals surface area contributed by atoms with E-state index in [9.17, 15) is 4.79 Å². The Bertz CT molecular complexity index is 511. The molecule has 0 bridgehead atoms. The summed E-state index contributed by atoms with van der Waals surface area (Å²) < 4.78 is 0. The van der Waals surface area contributed by atoms with E-state index in [0.717, 1.165) is 16.5 Å². The Morgan fingerprint density at radius 1 is 1.33 bits per heavy atom. The first-order valence-corrected chi connectivity index (χ1v) is 4.79. The highest BCUT2D eigenvalue weighted by Gasteiger charge is 2.03. The molecule has 0 N–H and O–H groups in total. The third kappa shape index (κ3) is 1.94. The number of aromatic nitrogens is 1. The summed E-state index contributed by atoms with van der Waals surface area (Å²) in [7, 11) is 0. The second-order valence-electron chi connectivity index (χ2n) is 3.33. The molecule has 0 aliphatic heterocycles. The van der Waals surface area contributed by atoms with Crippen molar-refractivity contribution in [1.29, 1.82) is 0 Å². The van der Waals surface area contributed by atoms with E-state index in [1.807, 2.05) is 30.3 Å². The van der Waals surface area contributed by atoms with Crippen LogP contribution in [-0.2, 0) is 11.2 Å². The van der Waals surface area contributed by atoms with Crippen molar-refractivity contribution in [3.63, 3.8) is 0 Å². The summed E-state index contributed by atoms with van der Waals surface area (Å²) in [5.41, 5.74) is 1.93. The molecule has 2 aromatic rings. The molecular weight excluding hydrogens is 186 g/mol. The van der Waals surface area contributed by atoms with Crippen molar-refractivity contribution < 1.29 is 4.79 Å². The Morgan fingerprint density at radius 3 is 2.93 bits per heavy atom. The Balaban J connectivity index is 2.51. The zero-order chi connectivity index (χ0) is 10.7. The number of carbonyl (C=O) groups is 1. The zero-order valence-electron chi connectivity index (χ0n) is 8.31. The molecule has 0 aliphatic carbocycles. The molecule has 0 aliphatic rings. The maximum absolute atomic E-state index is 11.3. The van der Waals surface area contributed by atoms with Gasteiger partial charge in [-0.05, 0) is 23.8 Å². The molecule has 2 heteroatoms. The minimum atomic E-state index is 0.0337. The number of allylic oxidation sites excluding steroid dienone is 1. The van der Waals surface area contributed by atoms with Crippen LogP contribution in [-0.4, -0.2) is 10.8 Å². The summed E-state index contributed by atoms with van der Waals surface area (Å²) in [6.07, 6.45) is 3.48. The SMILES string of the molecule is C=CC(=O)Cc1ccnc2ccccc12. The van der Waals surface area contributed by atoms with Crippen LogP contribution in [0.2, 0.25) is 0 Å². The molecule has 0 saturated heterocycles. The van der Waals surface area contributed by atoms with Gasteiger partial charge in [-0.15, -0.1) is 0 Å². The molecular formula is C13H11NO. The molecule has 0 saturated carbocycles. The lowest BCUT2D eigenvalue weighted by Crippen LogP contribution is -1.98. The van der Waals surface area contributed by atoms with E-state index in [1.54, 1.807) is 6.20 Å². The van der Waals surface area contributed by atoms with Crippen molar-refractivity contribution in [2.45, 2.75) is 6.42 Å².